The van der Waals surface area contributed by atoms with Gasteiger partial charge in [0.25, 0.3) is 0 Å². The average molecular weight is 271 g/mol. The Labute approximate surface area is 115 Å². The normalized spacial score (nSPS) is 20.0. The van der Waals surface area contributed by atoms with Crippen LogP contribution < -0.4 is 0 Å². The second kappa shape index (κ2) is 6.78. The van der Waals surface area contributed by atoms with E-state index >= 15 is 0 Å². The highest BCUT2D eigenvalue weighted by molar-refractivity contribution is 5.73. The van der Waals surface area contributed by atoms with Crippen LogP contribution in [0.1, 0.15) is 53.4 Å². The summed E-state index contributed by atoms with van der Waals surface area (Å²) in [5, 5.41) is 0. The maximum Gasteiger partial charge on any atom is 0.410 e. The Kier molecular flexibility index (Phi) is 5.63. The van der Waals surface area contributed by atoms with Crippen LogP contribution in [0.3, 0.4) is 0 Å². The molecule has 0 N–H and O–H groups in total. The molecular weight excluding hydrogens is 246 g/mol. The highest BCUT2D eigenvalue weighted by atomic mass is 16.6. The van der Waals surface area contributed by atoms with Gasteiger partial charge in [-0.05, 0) is 47.0 Å². The number of ether oxygens (including phenoxy) is 2. The number of amides is 1. The predicted molar refractivity (Wildman–Crippen MR) is 71.8 cm³/mol. The molecule has 110 valence electrons. The van der Waals surface area contributed by atoms with E-state index in [1.807, 2.05) is 20.8 Å². The summed E-state index contributed by atoms with van der Waals surface area (Å²) in [7, 11) is 0. The van der Waals surface area contributed by atoms with Gasteiger partial charge in [0.05, 0.1) is 13.0 Å². The molecule has 0 aromatic rings. The number of hydrogen-bond donors (Lipinski definition) is 0. The lowest BCUT2D eigenvalue weighted by Gasteiger charge is -2.36. The number of rotatable bonds is 3. The van der Waals surface area contributed by atoms with Crippen molar-refractivity contribution in [3.05, 3.63) is 0 Å². The molecule has 0 aromatic carbocycles. The Morgan fingerprint density at radius 3 is 2.53 bits per heavy atom. The first-order valence-electron chi connectivity index (χ1n) is 6.98. The summed E-state index contributed by atoms with van der Waals surface area (Å²) in [5.74, 6) is -0.247. The molecule has 0 aromatic heterocycles. The van der Waals surface area contributed by atoms with E-state index in [2.05, 4.69) is 0 Å². The summed E-state index contributed by atoms with van der Waals surface area (Å²) in [6.45, 7) is 8.33. The highest BCUT2D eigenvalue weighted by Gasteiger charge is 2.31. The summed E-state index contributed by atoms with van der Waals surface area (Å²) in [4.78, 5) is 25.4. The number of nitrogens with zero attached hydrogens (tertiary/aromatic N) is 1. The summed E-state index contributed by atoms with van der Waals surface area (Å²) < 4.78 is 10.3. The fourth-order valence-electron chi connectivity index (χ4n) is 2.19. The smallest absolute Gasteiger partial charge is 0.410 e. The van der Waals surface area contributed by atoms with Gasteiger partial charge < -0.3 is 14.4 Å². The van der Waals surface area contributed by atoms with Crippen LogP contribution in [-0.2, 0) is 14.3 Å². The van der Waals surface area contributed by atoms with Crippen molar-refractivity contribution in [2.45, 2.75) is 65.0 Å². The number of likely N-dealkylation sites (tertiary alicyclic amines) is 1. The molecule has 0 saturated carbocycles. The second-order valence-electron chi connectivity index (χ2n) is 5.83. The standard InChI is InChI=1S/C14H25NO4/c1-5-18-12(16)10-11-8-6-7-9-15(11)13(17)19-14(2,3)4/h11H,5-10H2,1-4H3/t11-/m0/s1. The third-order valence-corrected chi connectivity index (χ3v) is 2.96. The van der Waals surface area contributed by atoms with Crippen molar-refractivity contribution in [2.24, 2.45) is 0 Å². The van der Waals surface area contributed by atoms with Gasteiger partial charge in [-0.3, -0.25) is 4.79 Å². The van der Waals surface area contributed by atoms with Crippen LogP contribution in [0.25, 0.3) is 0 Å². The summed E-state index contributed by atoms with van der Waals surface area (Å²) in [6.07, 6.45) is 2.74. The molecule has 0 aliphatic carbocycles. The molecule has 19 heavy (non-hydrogen) atoms. The number of piperidine rings is 1. The molecular formula is C14H25NO4. The molecule has 0 bridgehead atoms. The van der Waals surface area contributed by atoms with E-state index in [0.717, 1.165) is 19.3 Å². The van der Waals surface area contributed by atoms with Crippen LogP contribution in [0.2, 0.25) is 0 Å². The molecule has 1 saturated heterocycles. The van der Waals surface area contributed by atoms with E-state index < -0.39 is 5.60 Å². The van der Waals surface area contributed by atoms with Crippen LogP contribution in [0.15, 0.2) is 0 Å². The van der Waals surface area contributed by atoms with E-state index in [0.29, 0.717) is 13.2 Å². The first-order chi connectivity index (χ1) is 8.83. The molecule has 1 aliphatic heterocycles. The molecule has 1 fully saturated rings. The highest BCUT2D eigenvalue weighted by Crippen LogP contribution is 2.22. The van der Waals surface area contributed by atoms with Crippen molar-refractivity contribution >= 4 is 12.1 Å². The molecule has 1 aliphatic rings. The zero-order valence-corrected chi connectivity index (χ0v) is 12.4. The zero-order valence-electron chi connectivity index (χ0n) is 12.4. The lowest BCUT2D eigenvalue weighted by Crippen LogP contribution is -2.47. The van der Waals surface area contributed by atoms with Crippen molar-refractivity contribution in [3.63, 3.8) is 0 Å². The van der Waals surface area contributed by atoms with E-state index in [9.17, 15) is 9.59 Å². The Morgan fingerprint density at radius 1 is 1.26 bits per heavy atom. The summed E-state index contributed by atoms with van der Waals surface area (Å²) in [5.41, 5.74) is -0.511. The Morgan fingerprint density at radius 2 is 1.95 bits per heavy atom. The minimum absolute atomic E-state index is 0.0948. The van der Waals surface area contributed by atoms with Crippen LogP contribution in [0.4, 0.5) is 4.79 Å². The van der Waals surface area contributed by atoms with E-state index in [1.165, 1.54) is 0 Å². The number of carbonyl (C=O) groups excluding carboxylic acids is 2. The Balaban J connectivity index is 2.61. The Bertz CT molecular complexity index is 322. The molecule has 1 amide bonds. The molecule has 0 spiro atoms. The molecule has 1 rings (SSSR count). The van der Waals surface area contributed by atoms with Crippen molar-refractivity contribution in [3.8, 4) is 0 Å². The molecule has 0 unspecified atom stereocenters. The largest absolute Gasteiger partial charge is 0.466 e. The Hall–Kier alpha value is -1.26. The van der Waals surface area contributed by atoms with Gasteiger partial charge in [0, 0.05) is 12.6 Å². The van der Waals surface area contributed by atoms with Crippen molar-refractivity contribution in [1.29, 1.82) is 0 Å². The van der Waals surface area contributed by atoms with Crippen LogP contribution in [-0.4, -0.2) is 41.8 Å². The monoisotopic (exact) mass is 271 g/mol. The van der Waals surface area contributed by atoms with Gasteiger partial charge in [0.1, 0.15) is 5.60 Å². The minimum atomic E-state index is -0.511. The molecule has 5 nitrogen and oxygen atoms in total. The molecule has 1 atom stereocenters. The van der Waals surface area contributed by atoms with E-state index in [1.54, 1.807) is 11.8 Å². The third-order valence-electron chi connectivity index (χ3n) is 2.96. The van der Waals surface area contributed by atoms with Crippen molar-refractivity contribution in [2.75, 3.05) is 13.2 Å². The fourth-order valence-corrected chi connectivity index (χ4v) is 2.19. The quantitative estimate of drug-likeness (QED) is 0.741. The number of hydrogen-bond acceptors (Lipinski definition) is 4. The third kappa shape index (κ3) is 5.49. The van der Waals surface area contributed by atoms with Gasteiger partial charge in [0.15, 0.2) is 0 Å². The van der Waals surface area contributed by atoms with Gasteiger partial charge in [0.2, 0.25) is 0 Å². The van der Waals surface area contributed by atoms with Crippen LogP contribution in [0, 0.1) is 0 Å². The first kappa shape index (κ1) is 15.8. The average Bonchev–Trinajstić information content (AvgIpc) is 2.27. The van der Waals surface area contributed by atoms with Crippen LogP contribution >= 0.6 is 0 Å². The van der Waals surface area contributed by atoms with Gasteiger partial charge in [-0.25, -0.2) is 4.79 Å². The lowest BCUT2D eigenvalue weighted by molar-refractivity contribution is -0.144. The maximum absolute atomic E-state index is 12.1. The fraction of sp³-hybridized carbons (Fsp3) is 0.857. The second-order valence-corrected chi connectivity index (χ2v) is 5.83. The molecule has 5 heteroatoms. The van der Waals surface area contributed by atoms with Crippen molar-refractivity contribution < 1.29 is 19.1 Å². The van der Waals surface area contributed by atoms with Gasteiger partial charge in [-0.1, -0.05) is 0 Å². The number of carbonyl (C=O) groups is 2. The SMILES string of the molecule is CCOC(=O)C[C@@H]1CCCCN1C(=O)OC(C)(C)C. The van der Waals surface area contributed by atoms with Gasteiger partial charge in [-0.15, -0.1) is 0 Å². The molecule has 0 radical (unpaired) electrons. The minimum Gasteiger partial charge on any atom is -0.466 e. The van der Waals surface area contributed by atoms with Crippen molar-refractivity contribution in [1.82, 2.24) is 4.90 Å². The van der Waals surface area contributed by atoms with E-state index in [-0.39, 0.29) is 24.5 Å². The molecule has 1 heterocycles. The summed E-state index contributed by atoms with van der Waals surface area (Å²) >= 11 is 0. The van der Waals surface area contributed by atoms with Gasteiger partial charge >= 0.3 is 12.1 Å². The maximum atomic E-state index is 12.1. The van der Waals surface area contributed by atoms with Crippen LogP contribution in [0.5, 0.6) is 0 Å². The van der Waals surface area contributed by atoms with Gasteiger partial charge in [-0.2, -0.15) is 0 Å². The zero-order chi connectivity index (χ0) is 14.5. The lowest BCUT2D eigenvalue weighted by atomic mass is 10.00. The predicted octanol–water partition coefficient (Wildman–Crippen LogP) is 2.73. The summed E-state index contributed by atoms with van der Waals surface area (Å²) in [6, 6.07) is -0.0948. The first-order valence-corrected chi connectivity index (χ1v) is 6.98. The van der Waals surface area contributed by atoms with E-state index in [4.69, 9.17) is 9.47 Å². The topological polar surface area (TPSA) is 55.8 Å². The number of esters is 1.